The van der Waals surface area contributed by atoms with Crippen molar-refractivity contribution in [1.82, 2.24) is 4.98 Å². The Morgan fingerprint density at radius 2 is 2.00 bits per heavy atom. The zero-order chi connectivity index (χ0) is 11.5. The molecule has 16 heavy (non-hydrogen) atoms. The van der Waals surface area contributed by atoms with Gasteiger partial charge in [0.2, 0.25) is 0 Å². The van der Waals surface area contributed by atoms with Gasteiger partial charge in [-0.1, -0.05) is 6.07 Å². The van der Waals surface area contributed by atoms with Crippen molar-refractivity contribution in [1.29, 1.82) is 0 Å². The first-order valence-electron chi connectivity index (χ1n) is 5.41. The highest BCUT2D eigenvalue weighted by Crippen LogP contribution is 2.19. The first kappa shape index (κ1) is 10.7. The van der Waals surface area contributed by atoms with Gasteiger partial charge in [0.15, 0.2) is 0 Å². The van der Waals surface area contributed by atoms with Crippen LogP contribution in [0.2, 0.25) is 0 Å². The summed E-state index contributed by atoms with van der Waals surface area (Å²) in [5.74, 6) is 2.74. The van der Waals surface area contributed by atoms with Crippen molar-refractivity contribution in [3.05, 3.63) is 47.5 Å². The molecule has 0 aliphatic rings. The third-order valence-corrected chi connectivity index (χ3v) is 2.44. The summed E-state index contributed by atoms with van der Waals surface area (Å²) in [7, 11) is 0. The van der Waals surface area contributed by atoms with Crippen LogP contribution in [0.25, 0.3) is 0 Å². The maximum absolute atomic E-state index is 5.56. The van der Waals surface area contributed by atoms with Gasteiger partial charge in [0.25, 0.3) is 0 Å². The van der Waals surface area contributed by atoms with Gasteiger partial charge in [-0.15, -0.1) is 0 Å². The summed E-state index contributed by atoms with van der Waals surface area (Å²) >= 11 is 0. The summed E-state index contributed by atoms with van der Waals surface area (Å²) in [6, 6.07) is 10.0. The van der Waals surface area contributed by atoms with Crippen LogP contribution >= 0.6 is 0 Å². The van der Waals surface area contributed by atoms with Crippen LogP contribution in [-0.4, -0.2) is 4.98 Å². The minimum Gasteiger partial charge on any atom is -0.464 e. The number of furan rings is 1. The highest BCUT2D eigenvalue weighted by molar-refractivity contribution is 5.37. The van der Waals surface area contributed by atoms with Crippen molar-refractivity contribution < 1.29 is 4.42 Å². The molecule has 1 N–H and O–H groups in total. The van der Waals surface area contributed by atoms with Crippen LogP contribution in [0, 0.1) is 13.8 Å². The molecule has 0 fully saturated rings. The van der Waals surface area contributed by atoms with E-state index in [1.54, 1.807) is 0 Å². The van der Waals surface area contributed by atoms with Gasteiger partial charge in [0, 0.05) is 5.69 Å². The summed E-state index contributed by atoms with van der Waals surface area (Å²) in [5, 5.41) is 3.31. The summed E-state index contributed by atoms with van der Waals surface area (Å²) in [4.78, 5) is 4.39. The Hall–Kier alpha value is -1.77. The van der Waals surface area contributed by atoms with E-state index in [0.717, 1.165) is 23.0 Å². The Balaban J connectivity index is 2.10. The zero-order valence-electron chi connectivity index (χ0n) is 9.82. The number of rotatable bonds is 3. The van der Waals surface area contributed by atoms with Crippen LogP contribution in [0.3, 0.4) is 0 Å². The molecule has 1 atom stereocenters. The number of nitrogens with one attached hydrogen (secondary N) is 1. The SMILES string of the molecule is Cc1cccc(NC(C)c2ccc(C)o2)n1. The van der Waals surface area contributed by atoms with E-state index in [0.29, 0.717) is 0 Å². The van der Waals surface area contributed by atoms with Crippen LogP contribution < -0.4 is 5.32 Å². The van der Waals surface area contributed by atoms with Gasteiger partial charge >= 0.3 is 0 Å². The van der Waals surface area contributed by atoms with E-state index in [1.807, 2.05) is 44.2 Å². The molecule has 0 aliphatic heterocycles. The van der Waals surface area contributed by atoms with E-state index in [9.17, 15) is 0 Å². The third kappa shape index (κ3) is 2.42. The van der Waals surface area contributed by atoms with E-state index >= 15 is 0 Å². The van der Waals surface area contributed by atoms with Gasteiger partial charge in [0.1, 0.15) is 17.3 Å². The molecule has 2 aromatic heterocycles. The lowest BCUT2D eigenvalue weighted by Gasteiger charge is -2.12. The van der Waals surface area contributed by atoms with Crippen molar-refractivity contribution in [2.45, 2.75) is 26.8 Å². The van der Waals surface area contributed by atoms with Gasteiger partial charge < -0.3 is 9.73 Å². The number of hydrogen-bond donors (Lipinski definition) is 1. The molecule has 2 heterocycles. The number of aryl methyl sites for hydroxylation is 2. The lowest BCUT2D eigenvalue weighted by Crippen LogP contribution is -2.07. The van der Waals surface area contributed by atoms with E-state index in [2.05, 4.69) is 17.2 Å². The standard InChI is InChI=1S/C13H16N2O/c1-9-5-4-6-13(14-9)15-11(3)12-8-7-10(2)16-12/h4-8,11H,1-3H3,(H,14,15). The Labute approximate surface area is 95.5 Å². The molecule has 0 saturated heterocycles. The van der Waals surface area contributed by atoms with Crippen molar-refractivity contribution >= 4 is 5.82 Å². The molecular weight excluding hydrogens is 200 g/mol. The lowest BCUT2D eigenvalue weighted by molar-refractivity contribution is 0.466. The number of nitrogens with zero attached hydrogens (tertiary/aromatic N) is 1. The van der Waals surface area contributed by atoms with Gasteiger partial charge in [-0.25, -0.2) is 4.98 Å². The molecule has 0 bridgehead atoms. The molecule has 0 aliphatic carbocycles. The second-order valence-corrected chi connectivity index (χ2v) is 3.98. The smallest absolute Gasteiger partial charge is 0.126 e. The first-order valence-corrected chi connectivity index (χ1v) is 5.41. The largest absolute Gasteiger partial charge is 0.464 e. The van der Waals surface area contributed by atoms with E-state index in [4.69, 9.17) is 4.42 Å². The number of pyridine rings is 1. The van der Waals surface area contributed by atoms with E-state index < -0.39 is 0 Å². The van der Waals surface area contributed by atoms with Crippen LogP contribution in [0.15, 0.2) is 34.7 Å². The fourth-order valence-electron chi connectivity index (χ4n) is 1.60. The zero-order valence-corrected chi connectivity index (χ0v) is 9.82. The number of hydrogen-bond acceptors (Lipinski definition) is 3. The Kier molecular flexibility index (Phi) is 2.95. The molecule has 0 aromatic carbocycles. The predicted octanol–water partition coefficient (Wildman–Crippen LogP) is 3.46. The fourth-order valence-corrected chi connectivity index (χ4v) is 1.60. The number of aromatic nitrogens is 1. The topological polar surface area (TPSA) is 38.1 Å². The van der Waals surface area contributed by atoms with Gasteiger partial charge in [-0.2, -0.15) is 0 Å². The predicted molar refractivity (Wildman–Crippen MR) is 64.5 cm³/mol. The molecule has 2 aromatic rings. The van der Waals surface area contributed by atoms with Crippen LogP contribution in [0.4, 0.5) is 5.82 Å². The Morgan fingerprint density at radius 3 is 2.62 bits per heavy atom. The minimum absolute atomic E-state index is 0.128. The van der Waals surface area contributed by atoms with Crippen molar-refractivity contribution in [3.63, 3.8) is 0 Å². The highest BCUT2D eigenvalue weighted by atomic mass is 16.3. The second-order valence-electron chi connectivity index (χ2n) is 3.98. The Morgan fingerprint density at radius 1 is 1.19 bits per heavy atom. The average Bonchev–Trinajstić information content (AvgIpc) is 2.65. The quantitative estimate of drug-likeness (QED) is 0.853. The molecule has 0 radical (unpaired) electrons. The third-order valence-electron chi connectivity index (χ3n) is 2.44. The molecule has 0 spiro atoms. The fraction of sp³-hybridized carbons (Fsp3) is 0.308. The van der Waals surface area contributed by atoms with Crippen LogP contribution in [0.1, 0.15) is 30.2 Å². The van der Waals surface area contributed by atoms with Gasteiger partial charge in [-0.3, -0.25) is 0 Å². The minimum atomic E-state index is 0.128. The van der Waals surface area contributed by atoms with Gasteiger partial charge in [0.05, 0.1) is 6.04 Å². The van der Waals surface area contributed by atoms with Crippen molar-refractivity contribution in [2.24, 2.45) is 0 Å². The summed E-state index contributed by atoms with van der Waals surface area (Å²) in [6.07, 6.45) is 0. The monoisotopic (exact) mass is 216 g/mol. The molecule has 3 nitrogen and oxygen atoms in total. The van der Waals surface area contributed by atoms with Crippen molar-refractivity contribution in [3.8, 4) is 0 Å². The first-order chi connectivity index (χ1) is 7.65. The molecule has 84 valence electrons. The summed E-state index contributed by atoms with van der Waals surface area (Å²) in [6.45, 7) is 5.98. The Bertz CT molecular complexity index is 476. The molecular formula is C13H16N2O. The highest BCUT2D eigenvalue weighted by Gasteiger charge is 2.09. The molecule has 0 saturated carbocycles. The van der Waals surface area contributed by atoms with Crippen LogP contribution in [-0.2, 0) is 0 Å². The maximum Gasteiger partial charge on any atom is 0.126 e. The molecule has 2 rings (SSSR count). The summed E-state index contributed by atoms with van der Waals surface area (Å²) < 4.78 is 5.56. The maximum atomic E-state index is 5.56. The van der Waals surface area contributed by atoms with Gasteiger partial charge in [-0.05, 0) is 45.0 Å². The van der Waals surface area contributed by atoms with E-state index in [-0.39, 0.29) is 6.04 Å². The summed E-state index contributed by atoms with van der Waals surface area (Å²) in [5.41, 5.74) is 1.01. The molecule has 0 amide bonds. The molecule has 3 heteroatoms. The van der Waals surface area contributed by atoms with E-state index in [1.165, 1.54) is 0 Å². The normalized spacial score (nSPS) is 12.4. The van der Waals surface area contributed by atoms with Crippen LogP contribution in [0.5, 0.6) is 0 Å². The average molecular weight is 216 g/mol. The molecule has 1 unspecified atom stereocenters. The van der Waals surface area contributed by atoms with Crippen molar-refractivity contribution in [2.75, 3.05) is 5.32 Å². The number of anilines is 1. The lowest BCUT2D eigenvalue weighted by atomic mass is 10.2. The second kappa shape index (κ2) is 4.39.